The molecule has 1 N–H and O–H groups in total. The van der Waals surface area contributed by atoms with Crippen molar-refractivity contribution < 1.29 is 9.13 Å². The summed E-state index contributed by atoms with van der Waals surface area (Å²) in [4.78, 5) is 12.9. The normalized spacial score (nSPS) is 11.0. The minimum Gasteiger partial charge on any atom is -0.489 e. The lowest BCUT2D eigenvalue weighted by molar-refractivity contribution is 0.361. The van der Waals surface area contributed by atoms with Gasteiger partial charge in [0, 0.05) is 17.5 Å². The molecule has 3 rings (SSSR count). The minimum atomic E-state index is -0.378. The average molecular weight is 396 g/mol. The van der Waals surface area contributed by atoms with E-state index in [9.17, 15) is 4.39 Å². The number of thioether (sulfide) groups is 1. The van der Waals surface area contributed by atoms with Crippen LogP contribution in [-0.2, 0) is 5.75 Å². The molecule has 2 aromatic carbocycles. The van der Waals surface area contributed by atoms with Gasteiger partial charge < -0.3 is 10.1 Å². The van der Waals surface area contributed by atoms with Gasteiger partial charge in [0.15, 0.2) is 5.82 Å². The van der Waals surface area contributed by atoms with E-state index in [1.54, 1.807) is 17.8 Å². The Labute approximate surface area is 168 Å². The Morgan fingerprint density at radius 2 is 2.07 bits per heavy atom. The largest absolute Gasteiger partial charge is 0.489 e. The summed E-state index contributed by atoms with van der Waals surface area (Å²) < 4.78 is 19.3. The number of nitrogens with zero attached hydrogens (tertiary/aromatic N) is 3. The van der Waals surface area contributed by atoms with Crippen molar-refractivity contribution in [1.82, 2.24) is 15.0 Å². The molecule has 1 aromatic heterocycles. The lowest BCUT2D eigenvalue weighted by Crippen LogP contribution is -2.02. The number of allylic oxidation sites excluding steroid dienone is 1. The van der Waals surface area contributed by atoms with Gasteiger partial charge >= 0.3 is 0 Å². The van der Waals surface area contributed by atoms with Crippen LogP contribution in [-0.4, -0.2) is 27.8 Å². The maximum atomic E-state index is 13.7. The summed E-state index contributed by atoms with van der Waals surface area (Å²) in [6.45, 7) is 2.24. The van der Waals surface area contributed by atoms with Gasteiger partial charge in [-0.15, -0.1) is 0 Å². The molecule has 0 saturated carbocycles. The molecule has 0 aliphatic heterocycles. The molecule has 1 heterocycles. The van der Waals surface area contributed by atoms with Gasteiger partial charge in [-0.3, -0.25) is 0 Å². The van der Waals surface area contributed by atoms with Crippen LogP contribution >= 0.6 is 11.8 Å². The topological polar surface area (TPSA) is 59.9 Å². The highest BCUT2D eigenvalue weighted by molar-refractivity contribution is 7.97. The highest BCUT2D eigenvalue weighted by atomic mass is 32.2. The molecule has 0 fully saturated rings. The predicted octanol–water partition coefficient (Wildman–Crippen LogP) is 5.24. The molecule has 144 valence electrons. The van der Waals surface area contributed by atoms with E-state index in [0.717, 1.165) is 11.4 Å². The second kappa shape index (κ2) is 9.85. The van der Waals surface area contributed by atoms with Crippen LogP contribution in [0.1, 0.15) is 12.5 Å². The Hall–Kier alpha value is -2.93. The van der Waals surface area contributed by atoms with Crippen LogP contribution in [0.2, 0.25) is 0 Å². The number of hydrogen-bond donors (Lipinski definition) is 1. The molecule has 3 aromatic rings. The van der Waals surface area contributed by atoms with Crippen molar-refractivity contribution in [1.29, 1.82) is 0 Å². The van der Waals surface area contributed by atoms with Crippen molar-refractivity contribution in [3.8, 4) is 17.1 Å². The van der Waals surface area contributed by atoms with Crippen LogP contribution in [0.25, 0.3) is 11.4 Å². The smallest absolute Gasteiger partial charge is 0.230 e. The Morgan fingerprint density at radius 1 is 1.18 bits per heavy atom. The Kier molecular flexibility index (Phi) is 6.97. The highest BCUT2D eigenvalue weighted by Gasteiger charge is 2.12. The summed E-state index contributed by atoms with van der Waals surface area (Å²) in [6, 6.07) is 12.4. The number of nitrogens with one attached hydrogen (secondary N) is 1. The Morgan fingerprint density at radius 3 is 2.89 bits per heavy atom. The van der Waals surface area contributed by atoms with Gasteiger partial charge in [0.2, 0.25) is 5.95 Å². The molecule has 0 aliphatic rings. The van der Waals surface area contributed by atoms with Crippen LogP contribution in [0.4, 0.5) is 16.0 Å². The molecule has 5 nitrogen and oxygen atoms in total. The lowest BCUT2D eigenvalue weighted by Gasteiger charge is -2.11. The summed E-state index contributed by atoms with van der Waals surface area (Å²) in [5, 5.41) is 3.20. The predicted molar refractivity (Wildman–Crippen MR) is 112 cm³/mol. The van der Waals surface area contributed by atoms with Crippen LogP contribution in [0.5, 0.6) is 5.75 Å². The first-order chi connectivity index (χ1) is 13.7. The van der Waals surface area contributed by atoms with Crippen LogP contribution in [0.15, 0.2) is 60.9 Å². The molecule has 0 radical (unpaired) electrons. The number of rotatable bonds is 8. The van der Waals surface area contributed by atoms with E-state index >= 15 is 0 Å². The summed E-state index contributed by atoms with van der Waals surface area (Å²) >= 11 is 1.76. The zero-order valence-electron chi connectivity index (χ0n) is 15.7. The maximum absolute atomic E-state index is 13.7. The third kappa shape index (κ3) is 5.29. The monoisotopic (exact) mass is 396 g/mol. The molecule has 0 unspecified atom stereocenters. The second-order valence-electron chi connectivity index (χ2n) is 5.91. The van der Waals surface area contributed by atoms with Gasteiger partial charge in [-0.1, -0.05) is 24.3 Å². The van der Waals surface area contributed by atoms with E-state index in [1.165, 1.54) is 24.0 Å². The summed E-state index contributed by atoms with van der Waals surface area (Å²) in [6.07, 6.45) is 7.21. The summed E-state index contributed by atoms with van der Waals surface area (Å²) in [5.41, 5.74) is 2.71. The zero-order chi connectivity index (χ0) is 19.8. The molecule has 28 heavy (non-hydrogen) atoms. The fraction of sp³-hybridized carbons (Fsp3) is 0.190. The van der Waals surface area contributed by atoms with Crippen molar-refractivity contribution in [2.24, 2.45) is 0 Å². The fourth-order valence-electron chi connectivity index (χ4n) is 2.56. The molecule has 0 bridgehead atoms. The first-order valence-corrected chi connectivity index (χ1v) is 10.2. The van der Waals surface area contributed by atoms with Crippen molar-refractivity contribution in [2.45, 2.75) is 12.7 Å². The van der Waals surface area contributed by atoms with E-state index in [1.807, 2.05) is 31.2 Å². The Bertz CT molecular complexity index is 965. The number of aromatic nitrogens is 3. The summed E-state index contributed by atoms with van der Waals surface area (Å²) in [7, 11) is 0. The minimum absolute atomic E-state index is 0.339. The first kappa shape index (κ1) is 19.8. The van der Waals surface area contributed by atoms with Crippen molar-refractivity contribution in [3.63, 3.8) is 0 Å². The van der Waals surface area contributed by atoms with E-state index in [-0.39, 0.29) is 5.82 Å². The molecule has 0 amide bonds. The fourth-order valence-corrected chi connectivity index (χ4v) is 3.07. The van der Waals surface area contributed by atoms with Crippen LogP contribution in [0.3, 0.4) is 0 Å². The molecule has 0 saturated heterocycles. The van der Waals surface area contributed by atoms with Crippen LogP contribution in [0, 0.1) is 5.82 Å². The first-order valence-electron chi connectivity index (χ1n) is 8.77. The van der Waals surface area contributed by atoms with Gasteiger partial charge in [0.25, 0.3) is 0 Å². The van der Waals surface area contributed by atoms with E-state index < -0.39 is 0 Å². The second-order valence-corrected chi connectivity index (χ2v) is 6.78. The average Bonchev–Trinajstić information content (AvgIpc) is 2.69. The standard InChI is InChI=1S/C21H21FN4OS/c1-3-4-10-27-19-12-16(22)8-9-18(19)20-23-14-24-21(26-20)25-17-7-5-6-15(11-17)13-28-2/h3-9,11-12,14H,10,13H2,1-2H3,(H,23,24,25,26)/b4-3-. The highest BCUT2D eigenvalue weighted by Crippen LogP contribution is 2.29. The van der Waals surface area contributed by atoms with E-state index in [0.29, 0.717) is 29.7 Å². The molecule has 7 heteroatoms. The molecule has 0 atom stereocenters. The third-order valence-electron chi connectivity index (χ3n) is 3.82. The van der Waals surface area contributed by atoms with Gasteiger partial charge in [-0.25, -0.2) is 14.4 Å². The van der Waals surface area contributed by atoms with Crippen LogP contribution < -0.4 is 10.1 Å². The molecular weight excluding hydrogens is 375 g/mol. The molecular formula is C21H21FN4OS. The third-order valence-corrected chi connectivity index (χ3v) is 4.44. The molecule has 0 spiro atoms. The number of halogens is 1. The SMILES string of the molecule is C/C=C\COc1cc(F)ccc1-c1ncnc(Nc2cccc(CSC)c2)n1. The van der Waals surface area contributed by atoms with E-state index in [2.05, 4.69) is 38.7 Å². The van der Waals surface area contributed by atoms with Crippen molar-refractivity contribution in [3.05, 3.63) is 72.3 Å². The number of benzene rings is 2. The van der Waals surface area contributed by atoms with Gasteiger partial charge in [0.1, 0.15) is 24.5 Å². The number of ether oxygens (including phenoxy) is 1. The maximum Gasteiger partial charge on any atom is 0.230 e. The van der Waals surface area contributed by atoms with E-state index in [4.69, 9.17) is 4.74 Å². The Balaban J connectivity index is 1.86. The van der Waals surface area contributed by atoms with Gasteiger partial charge in [-0.2, -0.15) is 16.7 Å². The number of anilines is 2. The van der Waals surface area contributed by atoms with Crippen molar-refractivity contribution >= 4 is 23.4 Å². The lowest BCUT2D eigenvalue weighted by atomic mass is 10.2. The zero-order valence-corrected chi connectivity index (χ0v) is 16.5. The van der Waals surface area contributed by atoms with Crippen molar-refractivity contribution in [2.75, 3.05) is 18.2 Å². The number of hydrogen-bond acceptors (Lipinski definition) is 6. The van der Waals surface area contributed by atoms with Gasteiger partial charge in [-0.05, 0) is 43.0 Å². The molecule has 0 aliphatic carbocycles. The quantitative estimate of drug-likeness (QED) is 0.526. The van der Waals surface area contributed by atoms with Gasteiger partial charge in [0.05, 0.1) is 5.56 Å². The summed E-state index contributed by atoms with van der Waals surface area (Å²) in [5.74, 6) is 1.76.